The molecule has 96 heavy (non-hydrogen) atoms. The minimum atomic E-state index is -4.96. The van der Waals surface area contributed by atoms with Gasteiger partial charge in [0.2, 0.25) is 0 Å². The Labute approximate surface area is 588 Å². The fourth-order valence-electron chi connectivity index (χ4n) is 11.7. The Morgan fingerprint density at radius 1 is 0.302 bits per heavy atom. The third kappa shape index (κ3) is 69.2. The van der Waals surface area contributed by atoms with Crippen LogP contribution >= 0.6 is 15.6 Å². The zero-order valence-corrected chi connectivity index (χ0v) is 64.6. The molecular formula is C77H150O17P2. The molecule has 17 nitrogen and oxygen atoms in total. The number of aliphatic hydroxyl groups is 1. The Bertz CT molecular complexity index is 1870. The molecule has 0 rings (SSSR count). The standard InChI is InChI=1S/C77H150O17P2/c1-8-10-11-12-13-14-15-16-17-18-19-20-21-22-30-39-46-53-60-76(81)93-72(64-87-74(79)58-51-44-37-29-25-23-27-34-41-48-55-68(3)4)66-91-95(83,84)89-62-71(78)63-90-96(85,86)92-67-73(65-88-75(80)59-52-45-38-33-32-36-43-50-57-70(7)9-2)94-77(82)61-54-47-40-31-26-24-28-35-42-49-56-69(5)6/h68-73,78H,8-67H2,1-7H3,(H,83,84)(H,85,86)/t70?,71-,72-,73-/m1/s1. The lowest BCUT2D eigenvalue weighted by atomic mass is 9.99. The summed E-state index contributed by atoms with van der Waals surface area (Å²) in [4.78, 5) is 72.9. The quantitative estimate of drug-likeness (QED) is 0.0222. The number of hydrogen-bond acceptors (Lipinski definition) is 15. The van der Waals surface area contributed by atoms with Crippen molar-refractivity contribution in [3.05, 3.63) is 0 Å². The van der Waals surface area contributed by atoms with Crippen LogP contribution in [0.3, 0.4) is 0 Å². The lowest BCUT2D eigenvalue weighted by Gasteiger charge is -2.21. The Balaban J connectivity index is 5.26. The topological polar surface area (TPSA) is 237 Å². The molecule has 0 aromatic rings. The molecule has 0 heterocycles. The van der Waals surface area contributed by atoms with Gasteiger partial charge in [-0.1, -0.05) is 344 Å². The number of carbonyl (C=O) groups excluding carboxylic acids is 4. The van der Waals surface area contributed by atoms with Crippen LogP contribution in [-0.2, 0) is 65.4 Å². The highest BCUT2D eigenvalue weighted by atomic mass is 31.2. The van der Waals surface area contributed by atoms with Gasteiger partial charge in [-0.05, 0) is 43.4 Å². The molecule has 0 saturated heterocycles. The van der Waals surface area contributed by atoms with E-state index in [2.05, 4.69) is 48.5 Å². The number of carbonyl (C=O) groups is 4. The molecule has 0 saturated carbocycles. The molecule has 0 amide bonds. The van der Waals surface area contributed by atoms with Gasteiger partial charge < -0.3 is 33.8 Å². The van der Waals surface area contributed by atoms with Crippen LogP contribution in [0.15, 0.2) is 0 Å². The molecule has 0 spiro atoms. The van der Waals surface area contributed by atoms with Gasteiger partial charge in [0.25, 0.3) is 0 Å². The van der Waals surface area contributed by atoms with Gasteiger partial charge >= 0.3 is 39.5 Å². The van der Waals surface area contributed by atoms with Gasteiger partial charge in [-0.2, -0.15) is 0 Å². The van der Waals surface area contributed by atoms with Crippen LogP contribution in [-0.4, -0.2) is 96.7 Å². The number of aliphatic hydroxyl groups excluding tert-OH is 1. The van der Waals surface area contributed by atoms with Crippen LogP contribution in [0.4, 0.5) is 0 Å². The summed E-state index contributed by atoms with van der Waals surface area (Å²) in [5.41, 5.74) is 0. The van der Waals surface area contributed by atoms with Gasteiger partial charge in [-0.25, -0.2) is 9.13 Å². The predicted octanol–water partition coefficient (Wildman–Crippen LogP) is 22.6. The summed E-state index contributed by atoms with van der Waals surface area (Å²) >= 11 is 0. The van der Waals surface area contributed by atoms with Crippen molar-refractivity contribution in [1.82, 2.24) is 0 Å². The van der Waals surface area contributed by atoms with Crippen molar-refractivity contribution in [3.63, 3.8) is 0 Å². The molecular weight excluding hydrogens is 1260 g/mol. The third-order valence-electron chi connectivity index (χ3n) is 18.2. The first-order chi connectivity index (χ1) is 46.3. The monoisotopic (exact) mass is 1410 g/mol. The SMILES string of the molecule is CCCCCCCCCCCCCCCCCCCCC(=O)O[C@H](COC(=O)CCCCCCCCCCCCC(C)C)COP(=O)(O)OC[C@@H](O)COP(=O)(O)OC[C@@H](COC(=O)CCCCCCCCCCC(C)CC)OC(=O)CCCCCCCCCCCCC(C)C. The summed E-state index contributed by atoms with van der Waals surface area (Å²) in [6.07, 6.45) is 54.0. The maximum Gasteiger partial charge on any atom is 0.472 e. The second-order valence-corrected chi connectivity index (χ2v) is 31.8. The number of unbranched alkanes of at least 4 members (excludes halogenated alkanes) is 42. The second-order valence-electron chi connectivity index (χ2n) is 28.9. The molecule has 0 aromatic heterocycles. The van der Waals surface area contributed by atoms with Crippen molar-refractivity contribution < 1.29 is 80.2 Å². The van der Waals surface area contributed by atoms with Crippen molar-refractivity contribution in [1.29, 1.82) is 0 Å². The minimum absolute atomic E-state index is 0.105. The van der Waals surface area contributed by atoms with Crippen LogP contribution in [0.2, 0.25) is 0 Å². The van der Waals surface area contributed by atoms with E-state index in [0.29, 0.717) is 25.7 Å². The van der Waals surface area contributed by atoms with E-state index in [-0.39, 0.29) is 25.7 Å². The van der Waals surface area contributed by atoms with Gasteiger partial charge in [0.05, 0.1) is 26.4 Å². The lowest BCUT2D eigenvalue weighted by Crippen LogP contribution is -2.30. The molecule has 0 aliphatic carbocycles. The Hall–Kier alpha value is -1.94. The third-order valence-corrected chi connectivity index (χ3v) is 20.1. The van der Waals surface area contributed by atoms with Gasteiger partial charge in [-0.3, -0.25) is 37.3 Å². The highest BCUT2D eigenvalue weighted by molar-refractivity contribution is 7.47. The second kappa shape index (κ2) is 67.5. The van der Waals surface area contributed by atoms with Crippen LogP contribution < -0.4 is 0 Å². The Morgan fingerprint density at radius 2 is 0.531 bits per heavy atom. The molecule has 3 N–H and O–H groups in total. The van der Waals surface area contributed by atoms with Crippen molar-refractivity contribution >= 4 is 39.5 Å². The van der Waals surface area contributed by atoms with Crippen molar-refractivity contribution in [2.75, 3.05) is 39.6 Å². The summed E-state index contributed by atoms with van der Waals surface area (Å²) in [6, 6.07) is 0. The predicted molar refractivity (Wildman–Crippen MR) is 391 cm³/mol. The van der Waals surface area contributed by atoms with E-state index in [1.165, 1.54) is 205 Å². The number of phosphoric acid groups is 2. The molecule has 0 bridgehead atoms. The van der Waals surface area contributed by atoms with E-state index in [1.807, 2.05) is 0 Å². The fraction of sp³-hybridized carbons (Fsp3) is 0.948. The number of esters is 4. The number of hydrogen-bond donors (Lipinski definition) is 3. The summed E-state index contributed by atoms with van der Waals surface area (Å²) in [5, 5.41) is 10.6. The number of phosphoric ester groups is 2. The van der Waals surface area contributed by atoms with Gasteiger partial charge in [0, 0.05) is 25.7 Å². The lowest BCUT2D eigenvalue weighted by molar-refractivity contribution is -0.161. The summed E-state index contributed by atoms with van der Waals surface area (Å²) in [6.45, 7) is 11.9. The molecule has 570 valence electrons. The Morgan fingerprint density at radius 3 is 0.792 bits per heavy atom. The number of ether oxygens (including phenoxy) is 4. The summed E-state index contributed by atoms with van der Waals surface area (Å²) in [5.74, 6) is 0.172. The molecule has 0 fully saturated rings. The van der Waals surface area contributed by atoms with Crippen molar-refractivity contribution in [2.45, 2.75) is 414 Å². The van der Waals surface area contributed by atoms with Crippen LogP contribution in [0.1, 0.15) is 395 Å². The van der Waals surface area contributed by atoms with E-state index in [4.69, 9.17) is 37.0 Å². The highest BCUT2D eigenvalue weighted by Crippen LogP contribution is 2.45. The Kier molecular flexibility index (Phi) is 66.2. The van der Waals surface area contributed by atoms with Crippen molar-refractivity contribution in [3.8, 4) is 0 Å². The molecule has 3 unspecified atom stereocenters. The normalized spacial score (nSPS) is 14.3. The minimum Gasteiger partial charge on any atom is -0.462 e. The smallest absolute Gasteiger partial charge is 0.462 e. The fourth-order valence-corrected chi connectivity index (χ4v) is 13.3. The maximum absolute atomic E-state index is 13.1. The van der Waals surface area contributed by atoms with Crippen LogP contribution in [0, 0.1) is 17.8 Å². The molecule has 0 aliphatic rings. The molecule has 19 heteroatoms. The average Bonchev–Trinajstić information content (AvgIpc) is 1.98. The zero-order valence-electron chi connectivity index (χ0n) is 62.8. The van der Waals surface area contributed by atoms with E-state index in [9.17, 15) is 43.2 Å². The molecule has 0 aliphatic heterocycles. The van der Waals surface area contributed by atoms with Gasteiger partial charge in [0.1, 0.15) is 19.3 Å². The number of rotatable bonds is 75. The van der Waals surface area contributed by atoms with Crippen LogP contribution in [0.25, 0.3) is 0 Å². The first kappa shape index (κ1) is 94.1. The van der Waals surface area contributed by atoms with Crippen molar-refractivity contribution in [2.24, 2.45) is 17.8 Å². The largest absolute Gasteiger partial charge is 0.472 e. The van der Waals surface area contributed by atoms with E-state index in [0.717, 1.165) is 108 Å². The van der Waals surface area contributed by atoms with Crippen LogP contribution in [0.5, 0.6) is 0 Å². The summed E-state index contributed by atoms with van der Waals surface area (Å²) < 4.78 is 68.6. The summed E-state index contributed by atoms with van der Waals surface area (Å²) in [7, 11) is -9.92. The first-order valence-corrected chi connectivity index (χ1v) is 42.9. The van der Waals surface area contributed by atoms with E-state index >= 15 is 0 Å². The molecule has 0 radical (unpaired) electrons. The average molecular weight is 1410 g/mol. The van der Waals surface area contributed by atoms with Gasteiger partial charge in [-0.15, -0.1) is 0 Å². The molecule has 0 aromatic carbocycles. The van der Waals surface area contributed by atoms with E-state index in [1.54, 1.807) is 0 Å². The molecule has 6 atom stereocenters. The van der Waals surface area contributed by atoms with E-state index < -0.39 is 97.5 Å². The maximum atomic E-state index is 13.1. The van der Waals surface area contributed by atoms with Gasteiger partial charge in [0.15, 0.2) is 12.2 Å². The first-order valence-electron chi connectivity index (χ1n) is 39.9. The highest BCUT2D eigenvalue weighted by Gasteiger charge is 2.30. The zero-order chi connectivity index (χ0) is 70.9.